The topological polar surface area (TPSA) is 44.1 Å². The van der Waals surface area contributed by atoms with Crippen molar-refractivity contribution in [2.45, 2.75) is 13.3 Å². The smallest absolute Gasteiger partial charge is 0.227 e. The van der Waals surface area contributed by atoms with Crippen molar-refractivity contribution in [2.75, 3.05) is 13.6 Å². The van der Waals surface area contributed by atoms with Gasteiger partial charge in [0.05, 0.1) is 12.5 Å². The van der Waals surface area contributed by atoms with Crippen molar-refractivity contribution in [1.29, 1.82) is 5.26 Å². The Morgan fingerprint density at radius 3 is 2.87 bits per heavy atom. The molecule has 0 aliphatic heterocycles. The molecule has 0 aliphatic carbocycles. The van der Waals surface area contributed by atoms with Crippen LogP contribution in [0.1, 0.15) is 11.1 Å². The molecule has 0 bridgehead atoms. The van der Waals surface area contributed by atoms with Crippen molar-refractivity contribution in [3.05, 3.63) is 35.4 Å². The standard InChI is InChI=1S/C12H14N2O/c1-10-4-3-5-11(8-10)9-12(15)14(2)7-6-13/h3-5,8H,7,9H2,1-2H3. The Morgan fingerprint density at radius 1 is 1.53 bits per heavy atom. The van der Waals surface area contributed by atoms with Gasteiger partial charge < -0.3 is 4.90 Å². The lowest BCUT2D eigenvalue weighted by Crippen LogP contribution is -2.28. The quantitative estimate of drug-likeness (QED) is 0.697. The Morgan fingerprint density at radius 2 is 2.27 bits per heavy atom. The second-order valence-electron chi connectivity index (χ2n) is 3.57. The molecule has 1 aromatic rings. The Balaban J connectivity index is 2.63. The van der Waals surface area contributed by atoms with Crippen molar-refractivity contribution in [2.24, 2.45) is 0 Å². The van der Waals surface area contributed by atoms with Crippen molar-refractivity contribution in [3.63, 3.8) is 0 Å². The second-order valence-corrected chi connectivity index (χ2v) is 3.57. The molecule has 1 aromatic carbocycles. The van der Waals surface area contributed by atoms with E-state index in [-0.39, 0.29) is 12.5 Å². The Hall–Kier alpha value is -1.82. The normalized spacial score (nSPS) is 9.40. The molecule has 78 valence electrons. The molecule has 3 heteroatoms. The van der Waals surface area contributed by atoms with E-state index >= 15 is 0 Å². The summed E-state index contributed by atoms with van der Waals surface area (Å²) in [7, 11) is 1.64. The minimum absolute atomic E-state index is 0.0258. The number of carbonyl (C=O) groups is 1. The highest BCUT2D eigenvalue weighted by Gasteiger charge is 2.08. The first-order valence-corrected chi connectivity index (χ1v) is 4.80. The number of nitriles is 1. The molecule has 0 fully saturated rings. The Bertz CT molecular complexity index is 393. The van der Waals surface area contributed by atoms with Crippen LogP contribution >= 0.6 is 0 Å². The van der Waals surface area contributed by atoms with Crippen LogP contribution in [0.2, 0.25) is 0 Å². The first kappa shape index (κ1) is 11.3. The third kappa shape index (κ3) is 3.43. The van der Waals surface area contributed by atoms with Crippen LogP contribution in [0.15, 0.2) is 24.3 Å². The molecule has 0 aliphatic rings. The predicted octanol–water partition coefficient (Wildman–Crippen LogP) is 1.52. The number of hydrogen-bond acceptors (Lipinski definition) is 2. The zero-order valence-corrected chi connectivity index (χ0v) is 9.03. The van der Waals surface area contributed by atoms with Gasteiger partial charge in [-0.05, 0) is 12.5 Å². The highest BCUT2D eigenvalue weighted by atomic mass is 16.2. The van der Waals surface area contributed by atoms with Gasteiger partial charge in [-0.25, -0.2) is 0 Å². The number of hydrogen-bond donors (Lipinski definition) is 0. The minimum Gasteiger partial charge on any atom is -0.332 e. The Labute approximate surface area is 89.9 Å². The van der Waals surface area contributed by atoms with Crippen LogP contribution in [0.3, 0.4) is 0 Å². The molecule has 0 radical (unpaired) electrons. The van der Waals surface area contributed by atoms with Gasteiger partial charge in [0.25, 0.3) is 0 Å². The number of rotatable bonds is 3. The molecular formula is C12H14N2O. The molecule has 0 aromatic heterocycles. The summed E-state index contributed by atoms with van der Waals surface area (Å²) >= 11 is 0. The van der Waals surface area contributed by atoms with Gasteiger partial charge in [0.2, 0.25) is 5.91 Å². The fourth-order valence-electron chi connectivity index (χ4n) is 1.33. The fraction of sp³-hybridized carbons (Fsp3) is 0.333. The summed E-state index contributed by atoms with van der Waals surface area (Å²) in [5.41, 5.74) is 2.13. The maximum atomic E-state index is 11.6. The molecule has 0 N–H and O–H groups in total. The van der Waals surface area contributed by atoms with Gasteiger partial charge in [-0.3, -0.25) is 4.79 Å². The van der Waals surface area contributed by atoms with E-state index < -0.39 is 0 Å². The highest BCUT2D eigenvalue weighted by Crippen LogP contribution is 2.05. The van der Waals surface area contributed by atoms with Gasteiger partial charge in [-0.15, -0.1) is 0 Å². The highest BCUT2D eigenvalue weighted by molar-refractivity contribution is 5.78. The zero-order valence-electron chi connectivity index (χ0n) is 9.03. The van der Waals surface area contributed by atoms with E-state index in [2.05, 4.69) is 0 Å². The van der Waals surface area contributed by atoms with Crippen LogP contribution in [0.4, 0.5) is 0 Å². The first-order valence-electron chi connectivity index (χ1n) is 4.80. The maximum absolute atomic E-state index is 11.6. The van der Waals surface area contributed by atoms with Crippen molar-refractivity contribution in [1.82, 2.24) is 4.90 Å². The minimum atomic E-state index is -0.0258. The fourth-order valence-corrected chi connectivity index (χ4v) is 1.33. The molecule has 3 nitrogen and oxygen atoms in total. The van der Waals surface area contributed by atoms with Crippen LogP contribution in [0, 0.1) is 18.3 Å². The van der Waals surface area contributed by atoms with E-state index in [1.54, 1.807) is 7.05 Å². The first-order chi connectivity index (χ1) is 7.13. The molecule has 0 atom stereocenters. The van der Waals surface area contributed by atoms with Crippen molar-refractivity contribution < 1.29 is 4.79 Å². The molecule has 0 unspecified atom stereocenters. The van der Waals surface area contributed by atoms with E-state index in [9.17, 15) is 4.79 Å². The van der Waals surface area contributed by atoms with Gasteiger partial charge in [0, 0.05) is 7.05 Å². The van der Waals surface area contributed by atoms with E-state index in [1.165, 1.54) is 4.90 Å². The average molecular weight is 202 g/mol. The predicted molar refractivity (Wildman–Crippen MR) is 58.1 cm³/mol. The van der Waals surface area contributed by atoms with E-state index in [4.69, 9.17) is 5.26 Å². The lowest BCUT2D eigenvalue weighted by molar-refractivity contribution is -0.128. The monoisotopic (exact) mass is 202 g/mol. The second kappa shape index (κ2) is 5.16. The van der Waals surface area contributed by atoms with Gasteiger partial charge in [-0.1, -0.05) is 29.8 Å². The van der Waals surface area contributed by atoms with Gasteiger partial charge in [0.1, 0.15) is 6.54 Å². The van der Waals surface area contributed by atoms with Gasteiger partial charge >= 0.3 is 0 Å². The van der Waals surface area contributed by atoms with Crippen LogP contribution in [-0.2, 0) is 11.2 Å². The molecule has 1 rings (SSSR count). The summed E-state index contributed by atoms with van der Waals surface area (Å²) < 4.78 is 0. The summed E-state index contributed by atoms with van der Waals surface area (Å²) in [6.45, 7) is 2.14. The molecule has 0 heterocycles. The number of benzene rings is 1. The van der Waals surface area contributed by atoms with Crippen LogP contribution in [0.25, 0.3) is 0 Å². The van der Waals surface area contributed by atoms with Crippen LogP contribution in [0.5, 0.6) is 0 Å². The van der Waals surface area contributed by atoms with E-state index in [1.807, 2.05) is 37.3 Å². The van der Waals surface area contributed by atoms with Crippen LogP contribution in [-0.4, -0.2) is 24.4 Å². The van der Waals surface area contributed by atoms with Crippen LogP contribution < -0.4 is 0 Å². The number of carbonyl (C=O) groups excluding carboxylic acids is 1. The summed E-state index contributed by atoms with van der Waals surface area (Å²) in [5, 5.41) is 8.45. The molecule has 0 saturated heterocycles. The van der Waals surface area contributed by atoms with Gasteiger partial charge in [0.15, 0.2) is 0 Å². The molecule has 0 saturated carbocycles. The Kier molecular flexibility index (Phi) is 3.87. The SMILES string of the molecule is Cc1cccc(CC(=O)N(C)CC#N)c1. The lowest BCUT2D eigenvalue weighted by atomic mass is 10.1. The molecule has 0 spiro atoms. The number of nitrogens with zero attached hydrogens (tertiary/aromatic N) is 2. The lowest BCUT2D eigenvalue weighted by Gasteiger charge is -2.12. The number of aryl methyl sites for hydroxylation is 1. The molecule has 1 amide bonds. The average Bonchev–Trinajstić information content (AvgIpc) is 2.18. The number of likely N-dealkylation sites (N-methyl/N-ethyl adjacent to an activating group) is 1. The summed E-state index contributed by atoms with van der Waals surface area (Å²) in [6.07, 6.45) is 0.361. The maximum Gasteiger partial charge on any atom is 0.227 e. The third-order valence-corrected chi connectivity index (χ3v) is 2.17. The van der Waals surface area contributed by atoms with E-state index in [0.29, 0.717) is 6.42 Å². The van der Waals surface area contributed by atoms with Gasteiger partial charge in [-0.2, -0.15) is 5.26 Å². The van der Waals surface area contributed by atoms with Crippen molar-refractivity contribution in [3.8, 4) is 6.07 Å². The number of amides is 1. The molecule has 15 heavy (non-hydrogen) atoms. The largest absolute Gasteiger partial charge is 0.332 e. The van der Waals surface area contributed by atoms with Crippen molar-refractivity contribution >= 4 is 5.91 Å². The summed E-state index contributed by atoms with van der Waals surface area (Å²) in [6, 6.07) is 9.78. The molecular weight excluding hydrogens is 188 g/mol. The zero-order chi connectivity index (χ0) is 11.3. The third-order valence-electron chi connectivity index (χ3n) is 2.17. The summed E-state index contributed by atoms with van der Waals surface area (Å²) in [4.78, 5) is 13.0. The van der Waals surface area contributed by atoms with E-state index in [0.717, 1.165) is 11.1 Å². The summed E-state index contributed by atoms with van der Waals surface area (Å²) in [5.74, 6) is -0.0258.